The van der Waals surface area contributed by atoms with E-state index in [0.717, 1.165) is 28.4 Å². The van der Waals surface area contributed by atoms with Crippen LogP contribution in [-0.4, -0.2) is 9.13 Å². The molecule has 268 valence electrons. The summed E-state index contributed by atoms with van der Waals surface area (Å²) >= 11 is 0. The van der Waals surface area contributed by atoms with E-state index in [1.807, 2.05) is 0 Å². The minimum atomic E-state index is 1.09. The van der Waals surface area contributed by atoms with E-state index in [0.29, 0.717) is 0 Å². The Morgan fingerprint density at radius 2 is 0.825 bits per heavy atom. The molecule has 11 rings (SSSR count). The average molecular weight is 728 g/mol. The van der Waals surface area contributed by atoms with Gasteiger partial charge >= 0.3 is 0 Å². The van der Waals surface area contributed by atoms with Crippen LogP contribution in [0.2, 0.25) is 0 Å². The van der Waals surface area contributed by atoms with Gasteiger partial charge in [0.15, 0.2) is 0 Å². The Bertz CT molecular complexity index is 3200. The van der Waals surface area contributed by atoms with Crippen LogP contribution in [-0.2, 0) is 0 Å². The van der Waals surface area contributed by atoms with Crippen LogP contribution >= 0.6 is 0 Å². The Hall–Kier alpha value is -7.62. The molecule has 0 bridgehead atoms. The number of nitrogens with zero attached hydrogens (tertiary/aromatic N) is 3. The van der Waals surface area contributed by atoms with Crippen LogP contribution in [0.5, 0.6) is 0 Å². The Balaban J connectivity index is 1.09. The van der Waals surface area contributed by atoms with Gasteiger partial charge < -0.3 is 14.0 Å². The fraction of sp³-hybridized carbons (Fsp3) is 0. The third-order valence-electron chi connectivity index (χ3n) is 11.3. The van der Waals surface area contributed by atoms with Crippen LogP contribution in [0, 0.1) is 0 Å². The molecule has 0 amide bonds. The number of para-hydroxylation sites is 3. The molecule has 2 heterocycles. The van der Waals surface area contributed by atoms with E-state index < -0.39 is 0 Å². The second kappa shape index (κ2) is 13.6. The molecular formula is C54H37N3. The fourth-order valence-corrected chi connectivity index (χ4v) is 8.75. The molecule has 3 heteroatoms. The second-order valence-electron chi connectivity index (χ2n) is 14.6. The molecule has 2 aromatic heterocycles. The highest BCUT2D eigenvalue weighted by Gasteiger charge is 2.20. The van der Waals surface area contributed by atoms with Gasteiger partial charge in [0.2, 0.25) is 0 Å². The number of hydrogen-bond acceptors (Lipinski definition) is 1. The summed E-state index contributed by atoms with van der Waals surface area (Å²) in [5.41, 5.74) is 15.2. The van der Waals surface area contributed by atoms with Crippen molar-refractivity contribution in [2.75, 3.05) is 4.90 Å². The van der Waals surface area contributed by atoms with Crippen LogP contribution in [0.3, 0.4) is 0 Å². The van der Waals surface area contributed by atoms with Gasteiger partial charge in [-0.15, -0.1) is 0 Å². The molecule has 0 saturated carbocycles. The molecule has 0 spiro atoms. The zero-order valence-electron chi connectivity index (χ0n) is 31.2. The van der Waals surface area contributed by atoms with Crippen LogP contribution in [0.15, 0.2) is 224 Å². The Kier molecular flexibility index (Phi) is 7.82. The molecule has 0 unspecified atom stereocenters. The largest absolute Gasteiger partial charge is 0.310 e. The van der Waals surface area contributed by atoms with E-state index in [9.17, 15) is 0 Å². The number of rotatable bonds is 7. The first-order valence-electron chi connectivity index (χ1n) is 19.5. The molecule has 0 N–H and O–H groups in total. The quantitative estimate of drug-likeness (QED) is 0.159. The number of anilines is 3. The maximum atomic E-state index is 2.41. The molecule has 0 fully saturated rings. The van der Waals surface area contributed by atoms with Crippen molar-refractivity contribution in [2.24, 2.45) is 0 Å². The second-order valence-corrected chi connectivity index (χ2v) is 14.6. The highest BCUT2D eigenvalue weighted by Crippen LogP contribution is 2.43. The monoisotopic (exact) mass is 727 g/mol. The van der Waals surface area contributed by atoms with Gasteiger partial charge in [-0.1, -0.05) is 140 Å². The highest BCUT2D eigenvalue weighted by atomic mass is 15.1. The average Bonchev–Trinajstić information content (AvgIpc) is 3.80. The fourth-order valence-electron chi connectivity index (χ4n) is 8.75. The first kappa shape index (κ1) is 32.8. The van der Waals surface area contributed by atoms with Gasteiger partial charge in [0.05, 0.1) is 22.1 Å². The van der Waals surface area contributed by atoms with Crippen molar-refractivity contribution in [2.45, 2.75) is 0 Å². The third kappa shape index (κ3) is 5.51. The predicted molar refractivity (Wildman–Crippen MR) is 241 cm³/mol. The van der Waals surface area contributed by atoms with Crippen molar-refractivity contribution in [3.05, 3.63) is 224 Å². The summed E-state index contributed by atoms with van der Waals surface area (Å²) in [4.78, 5) is 2.37. The SMILES string of the molecule is c1ccc(-c2ccc3c4ccccc4n(-c4ccc(N(c5ccccc5)c5ccc6c(c5)c5c(-c7ccccc7)cccc5n6-c5ccccc5)cc4)c3c2)cc1. The van der Waals surface area contributed by atoms with Gasteiger partial charge in [0.25, 0.3) is 0 Å². The number of fused-ring (bicyclic) bond motifs is 6. The van der Waals surface area contributed by atoms with Crippen molar-refractivity contribution in [1.29, 1.82) is 0 Å². The number of benzene rings is 9. The van der Waals surface area contributed by atoms with Crippen molar-refractivity contribution in [1.82, 2.24) is 9.13 Å². The summed E-state index contributed by atoms with van der Waals surface area (Å²) in [6.45, 7) is 0. The normalized spacial score (nSPS) is 11.5. The van der Waals surface area contributed by atoms with E-state index in [-0.39, 0.29) is 0 Å². The van der Waals surface area contributed by atoms with E-state index in [4.69, 9.17) is 0 Å². The predicted octanol–water partition coefficient (Wildman–Crippen LogP) is 14.7. The number of aromatic nitrogens is 2. The highest BCUT2D eigenvalue weighted by molar-refractivity contribution is 6.17. The smallest absolute Gasteiger partial charge is 0.0547 e. The molecule has 3 nitrogen and oxygen atoms in total. The molecule has 0 aliphatic heterocycles. The summed E-state index contributed by atoms with van der Waals surface area (Å²) in [6.07, 6.45) is 0. The van der Waals surface area contributed by atoms with Gasteiger partial charge in [-0.25, -0.2) is 0 Å². The Labute approximate surface area is 331 Å². The molecule has 0 aliphatic rings. The number of hydrogen-bond donors (Lipinski definition) is 0. The summed E-state index contributed by atoms with van der Waals surface area (Å²) in [6, 6.07) is 81.0. The van der Waals surface area contributed by atoms with Crippen LogP contribution < -0.4 is 4.90 Å². The van der Waals surface area contributed by atoms with Gasteiger partial charge in [-0.05, 0) is 107 Å². The maximum absolute atomic E-state index is 2.41. The standard InChI is InChI=1S/C54H37N3/c1-5-16-38(17-6-1)40-28-34-48-47-24-13-14-26-50(47)57(53(48)36-40)44-31-29-43(30-32-44)55(41-20-9-3-10-21-41)45-33-35-51-49(37-45)54-46(39-18-7-2-8-19-39)25-15-27-52(54)56(51)42-22-11-4-12-23-42/h1-37H. The van der Waals surface area contributed by atoms with Crippen molar-refractivity contribution in [3.8, 4) is 33.6 Å². The molecule has 57 heavy (non-hydrogen) atoms. The summed E-state index contributed by atoms with van der Waals surface area (Å²) in [5, 5.41) is 4.95. The lowest BCUT2D eigenvalue weighted by molar-refractivity contribution is 1.17. The van der Waals surface area contributed by atoms with Gasteiger partial charge in [-0.3, -0.25) is 0 Å². The zero-order valence-corrected chi connectivity index (χ0v) is 31.2. The lowest BCUT2D eigenvalue weighted by Gasteiger charge is -2.26. The molecule has 11 aromatic rings. The van der Waals surface area contributed by atoms with Crippen molar-refractivity contribution >= 4 is 60.7 Å². The summed E-state index contributed by atoms with van der Waals surface area (Å²) < 4.78 is 4.81. The molecule has 9 aromatic carbocycles. The van der Waals surface area contributed by atoms with Gasteiger partial charge in [0.1, 0.15) is 0 Å². The topological polar surface area (TPSA) is 13.1 Å². The van der Waals surface area contributed by atoms with Crippen molar-refractivity contribution < 1.29 is 0 Å². The third-order valence-corrected chi connectivity index (χ3v) is 11.3. The van der Waals surface area contributed by atoms with Gasteiger partial charge in [-0.2, -0.15) is 0 Å². The molecule has 0 radical (unpaired) electrons. The molecule has 0 aliphatic carbocycles. The summed E-state index contributed by atoms with van der Waals surface area (Å²) in [5.74, 6) is 0. The minimum Gasteiger partial charge on any atom is -0.310 e. The maximum Gasteiger partial charge on any atom is 0.0547 e. The van der Waals surface area contributed by atoms with E-state index in [2.05, 4.69) is 238 Å². The Morgan fingerprint density at radius 1 is 0.281 bits per heavy atom. The van der Waals surface area contributed by atoms with Crippen LogP contribution in [0.1, 0.15) is 0 Å². The minimum absolute atomic E-state index is 1.09. The molecule has 0 atom stereocenters. The van der Waals surface area contributed by atoms with Crippen LogP contribution in [0.4, 0.5) is 17.1 Å². The van der Waals surface area contributed by atoms with E-state index in [1.165, 1.54) is 65.9 Å². The first-order chi connectivity index (χ1) is 28.3. The first-order valence-corrected chi connectivity index (χ1v) is 19.5. The molecule has 0 saturated heterocycles. The van der Waals surface area contributed by atoms with Crippen molar-refractivity contribution in [3.63, 3.8) is 0 Å². The van der Waals surface area contributed by atoms with E-state index >= 15 is 0 Å². The zero-order chi connectivity index (χ0) is 37.7. The lowest BCUT2D eigenvalue weighted by atomic mass is 9.99. The summed E-state index contributed by atoms with van der Waals surface area (Å²) in [7, 11) is 0. The van der Waals surface area contributed by atoms with E-state index in [1.54, 1.807) is 0 Å². The molecular weight excluding hydrogens is 691 g/mol. The van der Waals surface area contributed by atoms with Gasteiger partial charge in [0, 0.05) is 50.0 Å². The lowest BCUT2D eigenvalue weighted by Crippen LogP contribution is -2.10. The van der Waals surface area contributed by atoms with Crippen LogP contribution in [0.25, 0.3) is 77.2 Å². The Morgan fingerprint density at radius 3 is 1.58 bits per heavy atom.